The number of rotatable bonds is 3. The van der Waals surface area contributed by atoms with Crippen LogP contribution in [0.15, 0.2) is 18.3 Å². The minimum Gasteiger partial charge on any atom is -0.465 e. The number of pyridine rings is 1. The molecule has 3 heterocycles. The van der Waals surface area contributed by atoms with Gasteiger partial charge in [-0.3, -0.25) is 4.98 Å². The lowest BCUT2D eigenvalue weighted by molar-refractivity contribution is 0.131. The van der Waals surface area contributed by atoms with Crippen molar-refractivity contribution in [1.29, 1.82) is 0 Å². The number of hydrogen-bond donors (Lipinski definition) is 1. The predicted molar refractivity (Wildman–Crippen MR) is 97.0 cm³/mol. The number of amides is 1. The number of aromatic nitrogens is 1. The molecule has 2 saturated heterocycles. The molecule has 1 atom stereocenters. The molecule has 1 aliphatic carbocycles. The van der Waals surface area contributed by atoms with Crippen LogP contribution in [0.4, 0.5) is 4.79 Å². The Kier molecular flexibility index (Phi) is 4.93. The highest BCUT2D eigenvalue weighted by atomic mass is 16.4. The minimum absolute atomic E-state index is 0.558. The summed E-state index contributed by atoms with van der Waals surface area (Å²) in [5.74, 6) is 1.37. The van der Waals surface area contributed by atoms with E-state index in [-0.39, 0.29) is 0 Å². The minimum atomic E-state index is -0.761. The van der Waals surface area contributed by atoms with E-state index in [0.717, 1.165) is 38.3 Å². The van der Waals surface area contributed by atoms with Crippen molar-refractivity contribution in [3.63, 3.8) is 0 Å². The highest BCUT2D eigenvalue weighted by Crippen LogP contribution is 2.43. The molecule has 1 aromatic heterocycles. The summed E-state index contributed by atoms with van der Waals surface area (Å²) < 4.78 is 0. The Hall–Kier alpha value is -1.62. The maximum atomic E-state index is 11.2. The largest absolute Gasteiger partial charge is 0.465 e. The van der Waals surface area contributed by atoms with Gasteiger partial charge in [-0.25, -0.2) is 4.79 Å². The summed E-state index contributed by atoms with van der Waals surface area (Å²) in [5.41, 5.74) is 2.87. The fraction of sp³-hybridized carbons (Fsp3) is 0.700. The van der Waals surface area contributed by atoms with Crippen LogP contribution in [0.2, 0.25) is 0 Å². The zero-order valence-electron chi connectivity index (χ0n) is 14.9. The van der Waals surface area contributed by atoms with Gasteiger partial charge in [0.2, 0.25) is 0 Å². The van der Waals surface area contributed by atoms with Gasteiger partial charge in [-0.1, -0.05) is 6.07 Å². The summed E-state index contributed by atoms with van der Waals surface area (Å²) in [6.45, 7) is 3.67. The summed E-state index contributed by atoms with van der Waals surface area (Å²) in [4.78, 5) is 20.1. The van der Waals surface area contributed by atoms with Crippen LogP contribution in [0.1, 0.15) is 68.0 Å². The van der Waals surface area contributed by atoms with E-state index in [9.17, 15) is 9.90 Å². The number of hydrogen-bond acceptors (Lipinski definition) is 3. The van der Waals surface area contributed by atoms with Gasteiger partial charge in [0.1, 0.15) is 0 Å². The average molecular weight is 343 g/mol. The van der Waals surface area contributed by atoms with Crippen LogP contribution < -0.4 is 0 Å². The third-order valence-electron chi connectivity index (χ3n) is 6.29. The molecule has 3 fully saturated rings. The number of carbonyl (C=O) groups is 1. The highest BCUT2D eigenvalue weighted by molar-refractivity contribution is 5.64. The molecule has 1 unspecified atom stereocenters. The van der Waals surface area contributed by atoms with Crippen molar-refractivity contribution in [3.8, 4) is 0 Å². The normalized spacial score (nSPS) is 26.4. The van der Waals surface area contributed by atoms with Gasteiger partial charge in [0, 0.05) is 36.9 Å². The van der Waals surface area contributed by atoms with E-state index >= 15 is 0 Å². The molecule has 3 aliphatic rings. The maximum absolute atomic E-state index is 11.2. The molecule has 1 saturated carbocycles. The van der Waals surface area contributed by atoms with Crippen molar-refractivity contribution in [3.05, 3.63) is 29.6 Å². The lowest BCUT2D eigenvalue weighted by atomic mass is 9.86. The first-order valence-corrected chi connectivity index (χ1v) is 9.89. The van der Waals surface area contributed by atoms with Gasteiger partial charge < -0.3 is 14.9 Å². The summed E-state index contributed by atoms with van der Waals surface area (Å²) in [6.07, 6.45) is 9.34. The lowest BCUT2D eigenvalue weighted by Crippen LogP contribution is -2.41. The predicted octanol–water partition coefficient (Wildman–Crippen LogP) is 3.67. The summed E-state index contributed by atoms with van der Waals surface area (Å²) in [6, 6.07) is 4.96. The maximum Gasteiger partial charge on any atom is 0.407 e. The Morgan fingerprint density at radius 2 is 1.80 bits per heavy atom. The van der Waals surface area contributed by atoms with Gasteiger partial charge in [-0.15, -0.1) is 0 Å². The van der Waals surface area contributed by atoms with Gasteiger partial charge in [0.25, 0.3) is 0 Å². The first-order chi connectivity index (χ1) is 12.2. The molecule has 5 nitrogen and oxygen atoms in total. The molecule has 2 aliphatic heterocycles. The van der Waals surface area contributed by atoms with Crippen LogP contribution in [-0.4, -0.2) is 58.2 Å². The molecule has 0 bridgehead atoms. The molecule has 0 spiro atoms. The zero-order valence-corrected chi connectivity index (χ0v) is 14.9. The van der Waals surface area contributed by atoms with Crippen LogP contribution in [0.3, 0.4) is 0 Å². The van der Waals surface area contributed by atoms with E-state index in [1.165, 1.54) is 36.9 Å². The standard InChI is InChI=1S/C20H29N3O2/c24-20(25)23-11-2-3-17(9-14-23)22-12-7-15(8-13-22)18-4-1-10-21-19(18)16-5-6-16/h1,4,10,15-17H,2-3,5-9,11-14H2,(H,24,25). The van der Waals surface area contributed by atoms with E-state index in [1.807, 2.05) is 6.20 Å². The second-order valence-corrected chi connectivity index (χ2v) is 7.92. The Balaban J connectivity index is 1.35. The molecule has 5 heteroatoms. The molecular formula is C20H29N3O2. The average Bonchev–Trinajstić information content (AvgIpc) is 3.48. The molecule has 1 amide bonds. The molecule has 4 rings (SSSR count). The van der Waals surface area contributed by atoms with Crippen LogP contribution in [0.5, 0.6) is 0 Å². The molecule has 1 aromatic rings. The van der Waals surface area contributed by atoms with Crippen molar-refractivity contribution in [2.24, 2.45) is 0 Å². The lowest BCUT2D eigenvalue weighted by Gasteiger charge is -2.37. The van der Waals surface area contributed by atoms with Gasteiger partial charge in [0.05, 0.1) is 0 Å². The molecule has 0 aromatic carbocycles. The number of likely N-dealkylation sites (tertiary alicyclic amines) is 2. The number of carboxylic acid groups (broad SMARTS) is 1. The first-order valence-electron chi connectivity index (χ1n) is 9.89. The van der Waals surface area contributed by atoms with Crippen LogP contribution in [-0.2, 0) is 0 Å². The quantitative estimate of drug-likeness (QED) is 0.910. The monoisotopic (exact) mass is 343 g/mol. The molecule has 0 radical (unpaired) electrons. The summed E-state index contributed by atoms with van der Waals surface area (Å²) in [5, 5.41) is 9.20. The SMILES string of the molecule is O=C(O)N1CCCC(N2CCC(c3cccnc3C3CC3)CC2)CC1. The fourth-order valence-corrected chi connectivity index (χ4v) is 4.68. The zero-order chi connectivity index (χ0) is 17.2. The Bertz CT molecular complexity index is 609. The molecule has 25 heavy (non-hydrogen) atoms. The van der Waals surface area contributed by atoms with Gasteiger partial charge in [-0.05, 0) is 75.6 Å². The van der Waals surface area contributed by atoms with Gasteiger partial charge in [-0.2, -0.15) is 0 Å². The van der Waals surface area contributed by atoms with Crippen molar-refractivity contribution < 1.29 is 9.90 Å². The van der Waals surface area contributed by atoms with E-state index < -0.39 is 6.09 Å². The summed E-state index contributed by atoms with van der Waals surface area (Å²) in [7, 11) is 0. The number of piperidine rings is 1. The second-order valence-electron chi connectivity index (χ2n) is 7.92. The Morgan fingerprint density at radius 3 is 2.52 bits per heavy atom. The fourth-order valence-electron chi connectivity index (χ4n) is 4.68. The van der Waals surface area contributed by atoms with Crippen molar-refractivity contribution in [2.75, 3.05) is 26.2 Å². The van der Waals surface area contributed by atoms with E-state index in [2.05, 4.69) is 22.0 Å². The third-order valence-corrected chi connectivity index (χ3v) is 6.29. The third kappa shape index (κ3) is 3.81. The Morgan fingerprint density at radius 1 is 1.00 bits per heavy atom. The molecule has 1 N–H and O–H groups in total. The highest BCUT2D eigenvalue weighted by Gasteiger charge is 2.32. The van der Waals surface area contributed by atoms with Gasteiger partial charge in [0.15, 0.2) is 0 Å². The smallest absolute Gasteiger partial charge is 0.407 e. The van der Waals surface area contributed by atoms with Crippen LogP contribution in [0.25, 0.3) is 0 Å². The molecule has 136 valence electrons. The van der Waals surface area contributed by atoms with Crippen LogP contribution >= 0.6 is 0 Å². The van der Waals surface area contributed by atoms with Gasteiger partial charge >= 0.3 is 6.09 Å². The topological polar surface area (TPSA) is 56.7 Å². The van der Waals surface area contributed by atoms with E-state index in [1.54, 1.807) is 4.90 Å². The van der Waals surface area contributed by atoms with E-state index in [0.29, 0.717) is 25.0 Å². The van der Waals surface area contributed by atoms with Crippen molar-refractivity contribution >= 4 is 6.09 Å². The van der Waals surface area contributed by atoms with Crippen LogP contribution in [0, 0.1) is 0 Å². The Labute approximate surface area is 150 Å². The second kappa shape index (κ2) is 7.32. The van der Waals surface area contributed by atoms with Crippen molar-refractivity contribution in [1.82, 2.24) is 14.8 Å². The number of nitrogens with zero attached hydrogens (tertiary/aromatic N) is 3. The molecular weight excluding hydrogens is 314 g/mol. The summed E-state index contributed by atoms with van der Waals surface area (Å²) >= 11 is 0. The first kappa shape index (κ1) is 16.8. The van der Waals surface area contributed by atoms with Crippen molar-refractivity contribution in [2.45, 2.75) is 62.8 Å². The van der Waals surface area contributed by atoms with E-state index in [4.69, 9.17) is 0 Å².